The van der Waals surface area contributed by atoms with Gasteiger partial charge in [-0.2, -0.15) is 0 Å². The summed E-state index contributed by atoms with van der Waals surface area (Å²) < 4.78 is 11.3. The Kier molecular flexibility index (Phi) is 3.31. The molecule has 0 amide bonds. The van der Waals surface area contributed by atoms with Crippen LogP contribution in [0.1, 0.15) is 44.1 Å². The smallest absolute Gasteiger partial charge is 0.164 e. The highest BCUT2D eigenvalue weighted by Gasteiger charge is 2.39. The van der Waals surface area contributed by atoms with Crippen molar-refractivity contribution in [3.63, 3.8) is 0 Å². The minimum atomic E-state index is -0.548. The lowest BCUT2D eigenvalue weighted by Gasteiger charge is -2.28. The Morgan fingerprint density at radius 2 is 2.21 bits per heavy atom. The molecule has 0 radical (unpaired) electrons. The van der Waals surface area contributed by atoms with Crippen molar-refractivity contribution >= 4 is 5.78 Å². The summed E-state index contributed by atoms with van der Waals surface area (Å²) in [4.78, 5) is 12.5. The van der Waals surface area contributed by atoms with Gasteiger partial charge in [0.05, 0.1) is 6.61 Å². The van der Waals surface area contributed by atoms with Crippen LogP contribution in [0, 0.1) is 0 Å². The molecule has 2 aliphatic heterocycles. The highest BCUT2D eigenvalue weighted by molar-refractivity contribution is 5.88. The van der Waals surface area contributed by atoms with Crippen LogP contribution in [0.3, 0.4) is 0 Å². The molecule has 2 heterocycles. The van der Waals surface area contributed by atoms with Crippen molar-refractivity contribution in [2.75, 3.05) is 13.2 Å². The number of ether oxygens (including phenoxy) is 2. The van der Waals surface area contributed by atoms with Crippen LogP contribution in [0.15, 0.2) is 24.3 Å². The van der Waals surface area contributed by atoms with Gasteiger partial charge in [0.15, 0.2) is 5.78 Å². The molecule has 0 N–H and O–H groups in total. The fourth-order valence-electron chi connectivity index (χ4n) is 3.07. The zero-order chi connectivity index (χ0) is 13.3. The van der Waals surface area contributed by atoms with Crippen LogP contribution >= 0.6 is 0 Å². The molecule has 0 aliphatic carbocycles. The Balaban J connectivity index is 1.76. The minimum Gasteiger partial charge on any atom is -0.493 e. The van der Waals surface area contributed by atoms with E-state index in [-0.39, 0.29) is 11.7 Å². The van der Waals surface area contributed by atoms with Crippen molar-refractivity contribution in [1.82, 2.24) is 0 Å². The van der Waals surface area contributed by atoms with Gasteiger partial charge in [0.2, 0.25) is 0 Å². The highest BCUT2D eigenvalue weighted by Crippen LogP contribution is 2.38. The summed E-state index contributed by atoms with van der Waals surface area (Å²) in [7, 11) is 0. The number of carbonyl (C=O) groups is 1. The van der Waals surface area contributed by atoms with Gasteiger partial charge in [-0.15, -0.1) is 0 Å². The van der Waals surface area contributed by atoms with Crippen molar-refractivity contribution in [2.45, 2.75) is 44.1 Å². The first-order valence-corrected chi connectivity index (χ1v) is 7.08. The number of carbonyl (C=O) groups excluding carboxylic acids is 1. The van der Waals surface area contributed by atoms with Crippen LogP contribution < -0.4 is 4.74 Å². The summed E-state index contributed by atoms with van der Waals surface area (Å²) in [6.07, 6.45) is 3.33. The van der Waals surface area contributed by atoms with Crippen LogP contribution in [0.25, 0.3) is 0 Å². The van der Waals surface area contributed by atoms with Gasteiger partial charge in [-0.1, -0.05) is 18.2 Å². The lowest BCUT2D eigenvalue weighted by atomic mass is 9.84. The van der Waals surface area contributed by atoms with E-state index in [1.807, 2.05) is 25.1 Å². The monoisotopic (exact) mass is 260 g/mol. The van der Waals surface area contributed by atoms with E-state index >= 15 is 0 Å². The zero-order valence-corrected chi connectivity index (χ0v) is 11.4. The number of benzene rings is 1. The molecule has 0 spiro atoms. The molecule has 1 fully saturated rings. The van der Waals surface area contributed by atoms with Crippen LogP contribution in [-0.4, -0.2) is 24.6 Å². The van der Waals surface area contributed by atoms with Gasteiger partial charge in [-0.3, -0.25) is 4.79 Å². The molecule has 0 aromatic heterocycles. The second-order valence-corrected chi connectivity index (χ2v) is 5.68. The van der Waals surface area contributed by atoms with E-state index in [0.717, 1.165) is 25.0 Å². The largest absolute Gasteiger partial charge is 0.493 e. The van der Waals surface area contributed by atoms with Crippen molar-refractivity contribution in [1.29, 1.82) is 0 Å². The fourth-order valence-corrected chi connectivity index (χ4v) is 3.07. The SMILES string of the molecule is CC1(C(=O)CC2CCOc3ccccc32)CCCO1. The first-order chi connectivity index (χ1) is 9.19. The third-order valence-electron chi connectivity index (χ3n) is 4.32. The summed E-state index contributed by atoms with van der Waals surface area (Å²) in [5.41, 5.74) is 0.622. The normalized spacial score (nSPS) is 29.6. The average molecular weight is 260 g/mol. The molecule has 19 heavy (non-hydrogen) atoms. The summed E-state index contributed by atoms with van der Waals surface area (Å²) in [5, 5.41) is 0. The van der Waals surface area contributed by atoms with Gasteiger partial charge in [0.1, 0.15) is 11.4 Å². The molecule has 3 nitrogen and oxygen atoms in total. The molecule has 1 saturated heterocycles. The summed E-state index contributed by atoms with van der Waals surface area (Å²) in [6.45, 7) is 3.35. The summed E-state index contributed by atoms with van der Waals surface area (Å²) >= 11 is 0. The van der Waals surface area contributed by atoms with Crippen LogP contribution in [0.2, 0.25) is 0 Å². The molecular weight excluding hydrogens is 240 g/mol. The van der Waals surface area contributed by atoms with E-state index in [1.54, 1.807) is 0 Å². The molecule has 3 rings (SSSR count). The van der Waals surface area contributed by atoms with Crippen LogP contribution in [0.4, 0.5) is 0 Å². The van der Waals surface area contributed by atoms with Gasteiger partial charge in [-0.25, -0.2) is 0 Å². The van der Waals surface area contributed by atoms with Gasteiger partial charge in [0, 0.05) is 13.0 Å². The number of para-hydroxylation sites is 1. The first-order valence-electron chi connectivity index (χ1n) is 7.08. The van der Waals surface area contributed by atoms with Gasteiger partial charge >= 0.3 is 0 Å². The van der Waals surface area contributed by atoms with Gasteiger partial charge in [-0.05, 0) is 43.7 Å². The van der Waals surface area contributed by atoms with Gasteiger partial charge in [0.25, 0.3) is 0 Å². The lowest BCUT2D eigenvalue weighted by Crippen LogP contribution is -2.35. The molecular formula is C16H20O3. The maximum atomic E-state index is 12.5. The number of fused-ring (bicyclic) bond motifs is 1. The highest BCUT2D eigenvalue weighted by atomic mass is 16.5. The molecule has 2 aliphatic rings. The third-order valence-corrected chi connectivity index (χ3v) is 4.32. The molecule has 2 atom stereocenters. The van der Waals surface area contributed by atoms with E-state index < -0.39 is 5.60 Å². The number of hydrogen-bond donors (Lipinski definition) is 0. The summed E-state index contributed by atoms with van der Waals surface area (Å²) in [6, 6.07) is 8.05. The van der Waals surface area contributed by atoms with Crippen molar-refractivity contribution in [3.05, 3.63) is 29.8 Å². The number of hydrogen-bond acceptors (Lipinski definition) is 3. The maximum absolute atomic E-state index is 12.5. The lowest BCUT2D eigenvalue weighted by molar-refractivity contribution is -0.137. The Morgan fingerprint density at radius 3 is 3.00 bits per heavy atom. The number of ketones is 1. The van der Waals surface area contributed by atoms with Crippen molar-refractivity contribution in [3.8, 4) is 5.75 Å². The van der Waals surface area contributed by atoms with Crippen LogP contribution in [-0.2, 0) is 9.53 Å². The fraction of sp³-hybridized carbons (Fsp3) is 0.562. The molecule has 1 aromatic carbocycles. The summed E-state index contributed by atoms with van der Waals surface area (Å²) in [5.74, 6) is 1.45. The Hall–Kier alpha value is -1.35. The molecule has 3 heteroatoms. The number of Topliss-reactive ketones (excluding diaryl/α,β-unsaturated/α-hetero) is 1. The minimum absolute atomic E-state index is 0.242. The average Bonchev–Trinajstić information content (AvgIpc) is 2.87. The Bertz CT molecular complexity index is 475. The zero-order valence-electron chi connectivity index (χ0n) is 11.4. The van der Waals surface area contributed by atoms with Crippen molar-refractivity contribution < 1.29 is 14.3 Å². The van der Waals surface area contributed by atoms with Gasteiger partial charge < -0.3 is 9.47 Å². The standard InChI is InChI=1S/C16H20O3/c1-16(8-4-9-19-16)15(17)11-12-7-10-18-14-6-3-2-5-13(12)14/h2-3,5-6,12H,4,7-11H2,1H3. The quantitative estimate of drug-likeness (QED) is 0.837. The van der Waals surface area contributed by atoms with Crippen LogP contribution in [0.5, 0.6) is 5.75 Å². The Morgan fingerprint density at radius 1 is 1.37 bits per heavy atom. The Labute approximate surface area is 113 Å². The predicted octanol–water partition coefficient (Wildman–Crippen LogP) is 3.08. The van der Waals surface area contributed by atoms with E-state index in [2.05, 4.69) is 6.07 Å². The van der Waals surface area contributed by atoms with E-state index in [4.69, 9.17) is 9.47 Å². The number of rotatable bonds is 3. The predicted molar refractivity (Wildman–Crippen MR) is 72.5 cm³/mol. The maximum Gasteiger partial charge on any atom is 0.164 e. The van der Waals surface area contributed by atoms with E-state index in [0.29, 0.717) is 19.6 Å². The molecule has 0 bridgehead atoms. The third kappa shape index (κ3) is 2.39. The molecule has 102 valence electrons. The molecule has 1 aromatic rings. The topological polar surface area (TPSA) is 35.5 Å². The van der Waals surface area contributed by atoms with Crippen molar-refractivity contribution in [2.24, 2.45) is 0 Å². The molecule has 0 saturated carbocycles. The second-order valence-electron chi connectivity index (χ2n) is 5.68. The molecule has 2 unspecified atom stereocenters. The van der Waals surface area contributed by atoms with E-state index in [9.17, 15) is 4.79 Å². The van der Waals surface area contributed by atoms with E-state index in [1.165, 1.54) is 5.56 Å². The second kappa shape index (κ2) is 4.97. The first kappa shape index (κ1) is 12.7.